The van der Waals surface area contributed by atoms with Crippen LogP contribution < -0.4 is 5.32 Å². The van der Waals surface area contributed by atoms with Crippen LogP contribution in [0.15, 0.2) is 6.07 Å². The molecule has 0 aliphatic carbocycles. The molecule has 0 aliphatic rings. The normalized spacial score (nSPS) is 11.1. The number of hydrogen-bond acceptors (Lipinski definition) is 6. The van der Waals surface area contributed by atoms with Crippen LogP contribution in [-0.4, -0.2) is 61.9 Å². The molecule has 0 saturated heterocycles. The average Bonchev–Trinajstić information content (AvgIpc) is 2.41. The first-order valence-corrected chi connectivity index (χ1v) is 6.98. The van der Waals surface area contributed by atoms with Crippen LogP contribution in [0.4, 0.5) is 5.82 Å². The highest BCUT2D eigenvalue weighted by molar-refractivity contribution is 5.35. The standard InChI is InChI=1S/C14H26N4O2/c1-5-15-13-10-12(2)16-14(17-13)11-18(6-8-19-3)7-9-20-4/h10H,5-9,11H2,1-4H3,(H,15,16,17). The Morgan fingerprint density at radius 3 is 2.35 bits per heavy atom. The maximum atomic E-state index is 5.14. The maximum Gasteiger partial charge on any atom is 0.144 e. The van der Waals surface area contributed by atoms with Gasteiger partial charge in [0.2, 0.25) is 0 Å². The molecule has 0 amide bonds. The summed E-state index contributed by atoms with van der Waals surface area (Å²) in [5.74, 6) is 1.71. The van der Waals surface area contributed by atoms with E-state index < -0.39 is 0 Å². The second-order valence-corrected chi connectivity index (χ2v) is 4.60. The highest BCUT2D eigenvalue weighted by Crippen LogP contribution is 2.08. The van der Waals surface area contributed by atoms with Crippen LogP contribution in [0.1, 0.15) is 18.4 Å². The lowest BCUT2D eigenvalue weighted by Gasteiger charge is -2.21. The number of rotatable bonds is 10. The molecule has 1 rings (SSSR count). The van der Waals surface area contributed by atoms with Crippen molar-refractivity contribution in [2.24, 2.45) is 0 Å². The molecule has 0 aromatic carbocycles. The summed E-state index contributed by atoms with van der Waals surface area (Å²) in [6, 6.07) is 1.96. The number of aromatic nitrogens is 2. The second kappa shape index (κ2) is 9.63. The first-order chi connectivity index (χ1) is 9.69. The van der Waals surface area contributed by atoms with E-state index in [1.54, 1.807) is 14.2 Å². The number of anilines is 1. The zero-order valence-electron chi connectivity index (χ0n) is 13.0. The number of methoxy groups -OCH3 is 2. The van der Waals surface area contributed by atoms with Crippen LogP contribution >= 0.6 is 0 Å². The van der Waals surface area contributed by atoms with Crippen molar-refractivity contribution < 1.29 is 9.47 Å². The van der Waals surface area contributed by atoms with E-state index >= 15 is 0 Å². The number of nitrogens with one attached hydrogen (secondary N) is 1. The fraction of sp³-hybridized carbons (Fsp3) is 0.714. The first-order valence-electron chi connectivity index (χ1n) is 6.98. The van der Waals surface area contributed by atoms with Crippen molar-refractivity contribution in [3.63, 3.8) is 0 Å². The van der Waals surface area contributed by atoms with Gasteiger partial charge < -0.3 is 14.8 Å². The molecule has 6 heteroatoms. The Morgan fingerprint density at radius 2 is 1.80 bits per heavy atom. The van der Waals surface area contributed by atoms with Gasteiger partial charge >= 0.3 is 0 Å². The van der Waals surface area contributed by atoms with Gasteiger partial charge in [0, 0.05) is 45.6 Å². The summed E-state index contributed by atoms with van der Waals surface area (Å²) in [5.41, 5.74) is 0.976. The minimum Gasteiger partial charge on any atom is -0.383 e. The first kappa shape index (κ1) is 16.8. The van der Waals surface area contributed by atoms with Gasteiger partial charge in [-0.05, 0) is 13.8 Å². The number of ether oxygens (including phenoxy) is 2. The zero-order chi connectivity index (χ0) is 14.8. The van der Waals surface area contributed by atoms with Gasteiger partial charge in [0.05, 0.1) is 19.8 Å². The molecule has 1 N–H and O–H groups in total. The molecule has 1 heterocycles. The molecule has 114 valence electrons. The maximum absolute atomic E-state index is 5.14. The molecule has 0 radical (unpaired) electrons. The number of hydrogen-bond donors (Lipinski definition) is 1. The minimum atomic E-state index is 0.690. The molecular weight excluding hydrogens is 256 g/mol. The van der Waals surface area contributed by atoms with E-state index in [-0.39, 0.29) is 0 Å². The summed E-state index contributed by atoms with van der Waals surface area (Å²) in [6.45, 7) is 8.66. The van der Waals surface area contributed by atoms with Gasteiger partial charge in [-0.25, -0.2) is 9.97 Å². The lowest BCUT2D eigenvalue weighted by atomic mass is 10.3. The van der Waals surface area contributed by atoms with E-state index in [0.717, 1.165) is 37.0 Å². The highest BCUT2D eigenvalue weighted by atomic mass is 16.5. The van der Waals surface area contributed by atoms with Crippen molar-refractivity contribution in [1.82, 2.24) is 14.9 Å². The Hall–Kier alpha value is -1.24. The van der Waals surface area contributed by atoms with E-state index in [1.165, 1.54) is 0 Å². The molecule has 0 unspecified atom stereocenters. The number of nitrogens with zero attached hydrogens (tertiary/aromatic N) is 3. The third-order valence-electron chi connectivity index (χ3n) is 2.85. The Kier molecular flexibility index (Phi) is 8.10. The fourth-order valence-electron chi connectivity index (χ4n) is 1.88. The summed E-state index contributed by atoms with van der Waals surface area (Å²) in [7, 11) is 3.42. The van der Waals surface area contributed by atoms with Gasteiger partial charge in [0.15, 0.2) is 0 Å². The topological polar surface area (TPSA) is 59.5 Å². The molecule has 0 fully saturated rings. The third-order valence-corrected chi connectivity index (χ3v) is 2.85. The molecule has 6 nitrogen and oxygen atoms in total. The Labute approximate surface area is 121 Å². The number of aryl methyl sites for hydroxylation is 1. The van der Waals surface area contributed by atoms with E-state index in [2.05, 4.69) is 27.1 Å². The Bertz CT molecular complexity index is 379. The summed E-state index contributed by atoms with van der Waals surface area (Å²) in [4.78, 5) is 11.3. The van der Waals surface area contributed by atoms with Crippen LogP contribution in [0.3, 0.4) is 0 Å². The quantitative estimate of drug-likeness (QED) is 0.698. The van der Waals surface area contributed by atoms with Crippen molar-refractivity contribution >= 4 is 5.82 Å². The van der Waals surface area contributed by atoms with Gasteiger partial charge in [-0.3, -0.25) is 4.90 Å². The van der Waals surface area contributed by atoms with Crippen molar-refractivity contribution in [3.8, 4) is 0 Å². The van der Waals surface area contributed by atoms with Crippen molar-refractivity contribution in [2.75, 3.05) is 52.4 Å². The largest absolute Gasteiger partial charge is 0.383 e. The predicted molar refractivity (Wildman–Crippen MR) is 80.0 cm³/mol. The lowest BCUT2D eigenvalue weighted by molar-refractivity contribution is 0.109. The van der Waals surface area contributed by atoms with Crippen LogP contribution in [-0.2, 0) is 16.0 Å². The average molecular weight is 282 g/mol. The fourth-order valence-corrected chi connectivity index (χ4v) is 1.88. The molecule has 0 bridgehead atoms. The van der Waals surface area contributed by atoms with Crippen molar-refractivity contribution in [1.29, 1.82) is 0 Å². The van der Waals surface area contributed by atoms with Crippen LogP contribution in [0, 0.1) is 6.92 Å². The van der Waals surface area contributed by atoms with E-state index in [1.807, 2.05) is 13.0 Å². The van der Waals surface area contributed by atoms with Crippen LogP contribution in [0.25, 0.3) is 0 Å². The highest BCUT2D eigenvalue weighted by Gasteiger charge is 2.09. The Balaban J connectivity index is 2.69. The summed E-state index contributed by atoms with van der Waals surface area (Å²) >= 11 is 0. The van der Waals surface area contributed by atoms with E-state index in [0.29, 0.717) is 19.8 Å². The molecule has 1 aromatic rings. The van der Waals surface area contributed by atoms with E-state index in [4.69, 9.17) is 9.47 Å². The lowest BCUT2D eigenvalue weighted by Crippen LogP contribution is -2.31. The van der Waals surface area contributed by atoms with Gasteiger partial charge in [0.1, 0.15) is 11.6 Å². The second-order valence-electron chi connectivity index (χ2n) is 4.60. The molecular formula is C14H26N4O2. The van der Waals surface area contributed by atoms with Gasteiger partial charge in [0.25, 0.3) is 0 Å². The van der Waals surface area contributed by atoms with Gasteiger partial charge in [-0.15, -0.1) is 0 Å². The Morgan fingerprint density at radius 1 is 1.15 bits per heavy atom. The van der Waals surface area contributed by atoms with Crippen molar-refractivity contribution in [3.05, 3.63) is 17.6 Å². The minimum absolute atomic E-state index is 0.690. The van der Waals surface area contributed by atoms with Crippen LogP contribution in [0.2, 0.25) is 0 Å². The molecule has 20 heavy (non-hydrogen) atoms. The molecule has 0 aliphatic heterocycles. The molecule has 0 atom stereocenters. The molecule has 1 aromatic heterocycles. The third kappa shape index (κ3) is 6.27. The SMILES string of the molecule is CCNc1cc(C)nc(CN(CCOC)CCOC)n1. The molecule has 0 spiro atoms. The smallest absolute Gasteiger partial charge is 0.144 e. The van der Waals surface area contributed by atoms with Gasteiger partial charge in [-0.2, -0.15) is 0 Å². The van der Waals surface area contributed by atoms with Crippen LogP contribution in [0.5, 0.6) is 0 Å². The predicted octanol–water partition coefficient (Wildman–Crippen LogP) is 1.31. The zero-order valence-corrected chi connectivity index (χ0v) is 13.0. The summed E-state index contributed by atoms with van der Waals surface area (Å²) < 4.78 is 10.3. The van der Waals surface area contributed by atoms with Gasteiger partial charge in [-0.1, -0.05) is 0 Å². The monoisotopic (exact) mass is 282 g/mol. The van der Waals surface area contributed by atoms with Crippen molar-refractivity contribution in [2.45, 2.75) is 20.4 Å². The van der Waals surface area contributed by atoms with E-state index in [9.17, 15) is 0 Å². The molecule has 0 saturated carbocycles. The summed E-state index contributed by atoms with van der Waals surface area (Å²) in [6.07, 6.45) is 0. The summed E-state index contributed by atoms with van der Waals surface area (Å²) in [5, 5.41) is 3.23.